The average Bonchev–Trinajstić information content (AvgIpc) is 2.51. The highest BCUT2D eigenvalue weighted by Crippen LogP contribution is 2.23. The molecule has 0 aliphatic carbocycles. The Hall–Kier alpha value is -2.08. The van der Waals surface area contributed by atoms with E-state index in [9.17, 15) is 9.59 Å². The second-order valence-corrected chi connectivity index (χ2v) is 7.14. The van der Waals surface area contributed by atoms with Crippen LogP contribution in [-0.4, -0.2) is 24.1 Å². The van der Waals surface area contributed by atoms with E-state index >= 15 is 0 Å². The van der Waals surface area contributed by atoms with Crippen molar-refractivity contribution in [2.45, 2.75) is 79.4 Å². The van der Waals surface area contributed by atoms with Crippen LogP contribution in [0.1, 0.15) is 67.2 Å². The predicted molar refractivity (Wildman–Crippen MR) is 88.4 cm³/mol. The number of carbonyl (C=O) groups is 2. The minimum atomic E-state index is -0.733. The number of hydrogen-bond acceptors (Lipinski definition) is 6. The fraction of sp³-hybridized carbons (Fsp3) is 0.778. The van der Waals surface area contributed by atoms with Crippen molar-refractivity contribution < 1.29 is 19.1 Å². The Morgan fingerprint density at radius 1 is 0.833 bits per heavy atom. The van der Waals surface area contributed by atoms with E-state index in [0.29, 0.717) is 12.8 Å². The third kappa shape index (κ3) is 7.46. The van der Waals surface area contributed by atoms with Gasteiger partial charge in [-0.15, -0.1) is 0 Å². The molecule has 0 aromatic rings. The minimum absolute atomic E-state index is 0.193. The van der Waals surface area contributed by atoms with Gasteiger partial charge in [0, 0.05) is 12.8 Å². The van der Waals surface area contributed by atoms with Crippen molar-refractivity contribution >= 4 is 11.9 Å². The van der Waals surface area contributed by atoms with Crippen molar-refractivity contribution in [2.24, 2.45) is 10.8 Å². The monoisotopic (exact) mass is 336 g/mol. The summed E-state index contributed by atoms with van der Waals surface area (Å²) in [6, 6.07) is 4.20. The zero-order valence-electron chi connectivity index (χ0n) is 15.5. The topological polar surface area (TPSA) is 100 Å². The Balaban J connectivity index is 4.07. The molecule has 2 atom stereocenters. The molecule has 0 heterocycles. The summed E-state index contributed by atoms with van der Waals surface area (Å²) in [6.07, 6.45) is 0.410. The molecule has 0 saturated carbocycles. The van der Waals surface area contributed by atoms with Gasteiger partial charge in [0.05, 0.1) is 23.0 Å². The summed E-state index contributed by atoms with van der Waals surface area (Å²) >= 11 is 0. The van der Waals surface area contributed by atoms with Crippen LogP contribution in [0.25, 0.3) is 0 Å². The maximum absolute atomic E-state index is 11.7. The third-order valence-electron chi connectivity index (χ3n) is 4.24. The first-order valence-electron chi connectivity index (χ1n) is 8.17. The Kier molecular flexibility index (Phi) is 8.47. The maximum Gasteiger partial charge on any atom is 0.306 e. The molecule has 0 aliphatic rings. The second kappa shape index (κ2) is 9.27. The third-order valence-corrected chi connectivity index (χ3v) is 4.24. The van der Waals surface area contributed by atoms with Crippen molar-refractivity contribution in [3.05, 3.63) is 0 Å². The molecule has 0 aliphatic heterocycles. The number of nitrogens with zero attached hydrogens (tertiary/aromatic N) is 2. The predicted octanol–water partition coefficient (Wildman–Crippen LogP) is 3.51. The quantitative estimate of drug-likeness (QED) is 0.472. The summed E-state index contributed by atoms with van der Waals surface area (Å²) in [5.41, 5.74) is -1.47. The van der Waals surface area contributed by atoms with E-state index < -0.39 is 23.0 Å². The number of carbonyl (C=O) groups excluding carboxylic acids is 2. The summed E-state index contributed by atoms with van der Waals surface area (Å²) in [5.74, 6) is -0.753. The zero-order chi connectivity index (χ0) is 19.0. The van der Waals surface area contributed by atoms with Crippen LogP contribution in [0.4, 0.5) is 0 Å². The van der Waals surface area contributed by atoms with Crippen molar-refractivity contribution in [1.29, 1.82) is 10.5 Å². The highest BCUT2D eigenvalue weighted by Gasteiger charge is 2.29. The highest BCUT2D eigenvalue weighted by molar-refractivity contribution is 5.71. The average molecular weight is 336 g/mol. The second-order valence-electron chi connectivity index (χ2n) is 7.14. The molecule has 0 bridgehead atoms. The molecular weight excluding hydrogens is 308 g/mol. The molecule has 134 valence electrons. The lowest BCUT2D eigenvalue weighted by Crippen LogP contribution is -2.30. The molecule has 0 aromatic carbocycles. The summed E-state index contributed by atoms with van der Waals surface area (Å²) in [7, 11) is 0. The molecule has 0 amide bonds. The van der Waals surface area contributed by atoms with Crippen molar-refractivity contribution in [2.75, 3.05) is 0 Å². The Morgan fingerprint density at radius 3 is 1.38 bits per heavy atom. The van der Waals surface area contributed by atoms with E-state index in [1.165, 1.54) is 0 Å². The number of hydrogen-bond donors (Lipinski definition) is 0. The summed E-state index contributed by atoms with van der Waals surface area (Å²) in [4.78, 5) is 23.4. The Morgan fingerprint density at radius 2 is 1.12 bits per heavy atom. The van der Waals surface area contributed by atoms with Crippen molar-refractivity contribution in [3.63, 3.8) is 0 Å². The van der Waals surface area contributed by atoms with E-state index in [1.54, 1.807) is 41.5 Å². The van der Waals surface area contributed by atoms with Gasteiger partial charge in [-0.05, 0) is 54.4 Å². The maximum atomic E-state index is 11.7. The van der Waals surface area contributed by atoms with E-state index in [2.05, 4.69) is 12.1 Å². The van der Waals surface area contributed by atoms with Crippen molar-refractivity contribution in [3.8, 4) is 12.1 Å². The smallest absolute Gasteiger partial charge is 0.306 e. The first-order valence-corrected chi connectivity index (χ1v) is 8.17. The fourth-order valence-corrected chi connectivity index (χ4v) is 1.53. The zero-order valence-corrected chi connectivity index (χ0v) is 15.5. The van der Waals surface area contributed by atoms with Gasteiger partial charge in [-0.3, -0.25) is 9.59 Å². The van der Waals surface area contributed by atoms with Gasteiger partial charge in [0.15, 0.2) is 0 Å². The Labute approximate surface area is 144 Å². The molecule has 0 aromatic heterocycles. The van der Waals surface area contributed by atoms with E-state index in [-0.39, 0.29) is 24.8 Å². The number of esters is 2. The van der Waals surface area contributed by atoms with Crippen LogP contribution in [0.15, 0.2) is 0 Å². The van der Waals surface area contributed by atoms with Crippen LogP contribution >= 0.6 is 0 Å². The van der Waals surface area contributed by atoms with E-state index in [1.807, 2.05) is 0 Å². The molecule has 2 unspecified atom stereocenters. The summed E-state index contributed by atoms with van der Waals surface area (Å²) in [5, 5.41) is 18.0. The van der Waals surface area contributed by atoms with Gasteiger partial charge in [-0.2, -0.15) is 10.5 Å². The highest BCUT2D eigenvalue weighted by atomic mass is 16.5. The van der Waals surface area contributed by atoms with Gasteiger partial charge in [-0.1, -0.05) is 0 Å². The largest absolute Gasteiger partial charge is 0.461 e. The van der Waals surface area contributed by atoms with Crippen LogP contribution in [-0.2, 0) is 19.1 Å². The molecule has 6 nitrogen and oxygen atoms in total. The first kappa shape index (κ1) is 21.9. The molecule has 0 spiro atoms. The van der Waals surface area contributed by atoms with Gasteiger partial charge in [0.25, 0.3) is 0 Å². The van der Waals surface area contributed by atoms with Gasteiger partial charge < -0.3 is 9.47 Å². The summed E-state index contributed by atoms with van der Waals surface area (Å²) in [6.45, 7) is 10.2. The van der Waals surface area contributed by atoms with E-state index in [0.717, 1.165) is 0 Å². The lowest BCUT2D eigenvalue weighted by molar-refractivity contribution is -0.154. The summed E-state index contributed by atoms with van der Waals surface area (Å²) < 4.78 is 10.4. The number of nitriles is 2. The van der Waals surface area contributed by atoms with Crippen LogP contribution in [0.5, 0.6) is 0 Å². The molecule has 0 N–H and O–H groups in total. The first-order chi connectivity index (χ1) is 11.0. The standard InChI is InChI=1S/C18H28N2O4/c1-13(17(3,4)11-19)23-15(21)9-7-8-10-16(22)24-14(2)18(5,6)12-20/h13-14H,7-10H2,1-6H3. The molecule has 6 heteroatoms. The molecular formula is C18H28N2O4. The van der Waals surface area contributed by atoms with Crippen LogP contribution < -0.4 is 0 Å². The Bertz CT molecular complexity index is 478. The van der Waals surface area contributed by atoms with Gasteiger partial charge >= 0.3 is 11.9 Å². The molecule has 0 saturated heterocycles. The normalized spacial score (nSPS) is 14.0. The minimum Gasteiger partial charge on any atom is -0.461 e. The van der Waals surface area contributed by atoms with Crippen LogP contribution in [0.2, 0.25) is 0 Å². The fourth-order valence-electron chi connectivity index (χ4n) is 1.53. The molecule has 0 fully saturated rings. The lowest BCUT2D eigenvalue weighted by Gasteiger charge is -2.24. The van der Waals surface area contributed by atoms with E-state index in [4.69, 9.17) is 20.0 Å². The van der Waals surface area contributed by atoms with Gasteiger partial charge in [0.1, 0.15) is 12.2 Å². The number of unbranched alkanes of at least 4 members (excludes halogenated alkanes) is 1. The van der Waals surface area contributed by atoms with Crippen molar-refractivity contribution in [1.82, 2.24) is 0 Å². The molecule has 24 heavy (non-hydrogen) atoms. The molecule has 0 rings (SSSR count). The lowest BCUT2D eigenvalue weighted by atomic mass is 9.89. The van der Waals surface area contributed by atoms with Crippen LogP contribution in [0, 0.1) is 33.5 Å². The SMILES string of the molecule is CC(OC(=O)CCCCC(=O)OC(C)C(C)(C)C#N)C(C)(C)C#N. The van der Waals surface area contributed by atoms with Gasteiger partial charge in [0.2, 0.25) is 0 Å². The number of rotatable bonds is 9. The van der Waals surface area contributed by atoms with Crippen LogP contribution in [0.3, 0.4) is 0 Å². The molecule has 0 radical (unpaired) electrons. The van der Waals surface area contributed by atoms with Gasteiger partial charge in [-0.25, -0.2) is 0 Å². The number of ether oxygens (including phenoxy) is 2.